The van der Waals surface area contributed by atoms with Crippen LogP contribution in [0.2, 0.25) is 0 Å². The van der Waals surface area contributed by atoms with Gasteiger partial charge in [-0.15, -0.1) is 11.3 Å². The molecule has 0 aliphatic rings. The van der Waals surface area contributed by atoms with Gasteiger partial charge in [0.2, 0.25) is 5.91 Å². The third-order valence-corrected chi connectivity index (χ3v) is 5.68. The van der Waals surface area contributed by atoms with Gasteiger partial charge in [0, 0.05) is 5.69 Å². The lowest BCUT2D eigenvalue weighted by molar-refractivity contribution is -0.119. The molecule has 0 aliphatic heterocycles. The van der Waals surface area contributed by atoms with Crippen LogP contribution in [0.25, 0.3) is 10.2 Å². The highest BCUT2D eigenvalue weighted by molar-refractivity contribution is 7.18. The van der Waals surface area contributed by atoms with Crippen LogP contribution in [0.1, 0.15) is 30.8 Å². The first-order valence-corrected chi connectivity index (χ1v) is 10.4. The van der Waals surface area contributed by atoms with E-state index in [1.807, 2.05) is 69.3 Å². The highest BCUT2D eigenvalue weighted by Crippen LogP contribution is 2.25. The van der Waals surface area contributed by atoms with Crippen LogP contribution in [0.3, 0.4) is 0 Å². The highest BCUT2D eigenvalue weighted by atomic mass is 32.1. The number of fused-ring (bicyclic) bond motifs is 1. The fraction of sp³-hybridized carbons (Fsp3) is 0.318. The standard InChI is InChI=1S/C22H25N3O3S/c1-4-14(2)20(25-22(27)28-13-16-8-6-5-7-9-16)21(26)24-17-10-11-18-19(12-17)29-15(3)23-18/h5-12,14,20H,4,13H2,1-3H3,(H,24,26)(H,25,27)/t14-,20-/m0/s1. The zero-order chi connectivity index (χ0) is 20.8. The van der Waals surface area contributed by atoms with Crippen molar-refractivity contribution >= 4 is 39.2 Å². The zero-order valence-electron chi connectivity index (χ0n) is 16.8. The van der Waals surface area contributed by atoms with Crippen LogP contribution in [0, 0.1) is 12.8 Å². The van der Waals surface area contributed by atoms with Crippen LogP contribution >= 0.6 is 11.3 Å². The fourth-order valence-corrected chi connectivity index (χ4v) is 3.80. The summed E-state index contributed by atoms with van der Waals surface area (Å²) in [4.78, 5) is 29.6. The van der Waals surface area contributed by atoms with E-state index in [1.54, 1.807) is 11.3 Å². The van der Waals surface area contributed by atoms with Crippen LogP contribution in [0.4, 0.5) is 10.5 Å². The van der Waals surface area contributed by atoms with Gasteiger partial charge in [0.15, 0.2) is 0 Å². The highest BCUT2D eigenvalue weighted by Gasteiger charge is 2.26. The van der Waals surface area contributed by atoms with Gasteiger partial charge in [-0.05, 0) is 36.6 Å². The summed E-state index contributed by atoms with van der Waals surface area (Å²) in [6.07, 6.45) is 0.132. The molecule has 0 bridgehead atoms. The average Bonchev–Trinajstić information content (AvgIpc) is 3.09. The molecule has 2 amide bonds. The number of aromatic nitrogens is 1. The number of aryl methyl sites for hydroxylation is 1. The molecule has 0 unspecified atom stereocenters. The summed E-state index contributed by atoms with van der Waals surface area (Å²) < 4.78 is 6.29. The summed E-state index contributed by atoms with van der Waals surface area (Å²) in [5.74, 6) is -0.315. The molecule has 0 radical (unpaired) electrons. The topological polar surface area (TPSA) is 80.3 Å². The monoisotopic (exact) mass is 411 g/mol. The van der Waals surface area contributed by atoms with Gasteiger partial charge in [0.1, 0.15) is 12.6 Å². The molecule has 29 heavy (non-hydrogen) atoms. The largest absolute Gasteiger partial charge is 0.445 e. The second kappa shape index (κ2) is 9.52. The molecule has 6 nitrogen and oxygen atoms in total. The third-order valence-electron chi connectivity index (χ3n) is 4.74. The van der Waals surface area contributed by atoms with E-state index in [2.05, 4.69) is 15.6 Å². The van der Waals surface area contributed by atoms with Gasteiger partial charge in [-0.2, -0.15) is 0 Å². The molecule has 0 saturated heterocycles. The van der Waals surface area contributed by atoms with E-state index < -0.39 is 12.1 Å². The van der Waals surface area contributed by atoms with Gasteiger partial charge in [0.05, 0.1) is 15.2 Å². The normalized spacial score (nSPS) is 12.9. The van der Waals surface area contributed by atoms with Crippen molar-refractivity contribution in [2.75, 3.05) is 5.32 Å². The minimum absolute atomic E-state index is 0.0475. The molecule has 7 heteroatoms. The molecule has 0 fully saturated rings. The molecule has 3 rings (SSSR count). The van der Waals surface area contributed by atoms with E-state index >= 15 is 0 Å². The van der Waals surface area contributed by atoms with Crippen molar-refractivity contribution in [1.29, 1.82) is 0 Å². The summed E-state index contributed by atoms with van der Waals surface area (Å²) in [6, 6.07) is 14.3. The Morgan fingerprint density at radius 2 is 1.93 bits per heavy atom. The molecule has 2 atom stereocenters. The lowest BCUT2D eigenvalue weighted by atomic mass is 9.98. The maximum absolute atomic E-state index is 12.9. The number of rotatable bonds is 7. The molecule has 1 heterocycles. The smallest absolute Gasteiger partial charge is 0.408 e. The number of hydrogen-bond donors (Lipinski definition) is 2. The van der Waals surface area contributed by atoms with Gasteiger partial charge in [0.25, 0.3) is 0 Å². The van der Waals surface area contributed by atoms with Crippen LogP contribution < -0.4 is 10.6 Å². The molecule has 0 spiro atoms. The number of alkyl carbamates (subject to hydrolysis) is 1. The maximum Gasteiger partial charge on any atom is 0.408 e. The first-order valence-electron chi connectivity index (χ1n) is 9.61. The van der Waals surface area contributed by atoms with Crippen molar-refractivity contribution in [2.45, 2.75) is 39.8 Å². The Hall–Kier alpha value is -2.93. The van der Waals surface area contributed by atoms with E-state index in [9.17, 15) is 9.59 Å². The Kier molecular flexibility index (Phi) is 6.82. The van der Waals surface area contributed by atoms with Crippen LogP contribution in [0.15, 0.2) is 48.5 Å². The lowest BCUT2D eigenvalue weighted by Gasteiger charge is -2.23. The van der Waals surface area contributed by atoms with E-state index in [4.69, 9.17) is 4.74 Å². The number of hydrogen-bond acceptors (Lipinski definition) is 5. The molecule has 152 valence electrons. The van der Waals surface area contributed by atoms with Gasteiger partial charge in [-0.1, -0.05) is 50.6 Å². The number of thiazole rings is 1. The predicted molar refractivity (Wildman–Crippen MR) is 116 cm³/mol. The van der Waals surface area contributed by atoms with Crippen molar-refractivity contribution in [2.24, 2.45) is 5.92 Å². The first kappa shape index (κ1) is 20.8. The van der Waals surface area contributed by atoms with E-state index in [-0.39, 0.29) is 18.4 Å². The van der Waals surface area contributed by atoms with E-state index in [0.717, 1.165) is 27.2 Å². The Bertz CT molecular complexity index is 987. The summed E-state index contributed by atoms with van der Waals surface area (Å²) in [7, 11) is 0. The summed E-state index contributed by atoms with van der Waals surface area (Å²) in [5.41, 5.74) is 2.48. The molecule has 2 N–H and O–H groups in total. The van der Waals surface area contributed by atoms with Crippen molar-refractivity contribution < 1.29 is 14.3 Å². The predicted octanol–water partition coefficient (Wildman–Crippen LogP) is 4.88. The van der Waals surface area contributed by atoms with Crippen molar-refractivity contribution in [3.63, 3.8) is 0 Å². The summed E-state index contributed by atoms with van der Waals surface area (Å²) in [5, 5.41) is 6.60. The third kappa shape index (κ3) is 5.54. The Labute approximate surface area is 174 Å². The number of benzene rings is 2. The van der Waals surface area contributed by atoms with Crippen LogP contribution in [-0.4, -0.2) is 23.0 Å². The Morgan fingerprint density at radius 1 is 1.17 bits per heavy atom. The maximum atomic E-state index is 12.9. The summed E-state index contributed by atoms with van der Waals surface area (Å²) >= 11 is 1.58. The molecule has 3 aromatic rings. The molecular formula is C22H25N3O3S. The quantitative estimate of drug-likeness (QED) is 0.580. The van der Waals surface area contributed by atoms with Crippen LogP contribution in [-0.2, 0) is 16.1 Å². The van der Waals surface area contributed by atoms with E-state index in [1.165, 1.54) is 0 Å². The molecule has 0 aliphatic carbocycles. The van der Waals surface area contributed by atoms with Crippen molar-refractivity contribution in [3.05, 3.63) is 59.1 Å². The second-order valence-corrected chi connectivity index (χ2v) is 8.21. The Morgan fingerprint density at radius 3 is 2.66 bits per heavy atom. The minimum atomic E-state index is -0.692. The SMILES string of the molecule is CC[C@H](C)[C@H](NC(=O)OCc1ccccc1)C(=O)Nc1ccc2nc(C)sc2c1. The number of nitrogens with one attached hydrogen (secondary N) is 2. The zero-order valence-corrected chi connectivity index (χ0v) is 17.6. The number of amides is 2. The number of nitrogens with zero attached hydrogens (tertiary/aromatic N) is 1. The molecule has 1 aromatic heterocycles. The van der Waals surface area contributed by atoms with Crippen LogP contribution in [0.5, 0.6) is 0 Å². The van der Waals surface area contributed by atoms with Gasteiger partial charge in [-0.25, -0.2) is 9.78 Å². The number of carbonyl (C=O) groups is 2. The molecule has 0 saturated carbocycles. The summed E-state index contributed by atoms with van der Waals surface area (Å²) in [6.45, 7) is 6.02. The fourth-order valence-electron chi connectivity index (χ4n) is 2.93. The number of anilines is 1. The van der Waals surface area contributed by atoms with E-state index in [0.29, 0.717) is 5.69 Å². The Balaban J connectivity index is 1.64. The lowest BCUT2D eigenvalue weighted by Crippen LogP contribution is -2.47. The van der Waals surface area contributed by atoms with Gasteiger partial charge in [-0.3, -0.25) is 4.79 Å². The van der Waals surface area contributed by atoms with Crippen molar-refractivity contribution in [3.8, 4) is 0 Å². The van der Waals surface area contributed by atoms with Gasteiger partial charge >= 0.3 is 6.09 Å². The minimum Gasteiger partial charge on any atom is -0.445 e. The van der Waals surface area contributed by atoms with Crippen molar-refractivity contribution in [1.82, 2.24) is 10.3 Å². The number of carbonyl (C=O) groups excluding carboxylic acids is 2. The average molecular weight is 412 g/mol. The molecule has 2 aromatic carbocycles. The first-order chi connectivity index (χ1) is 14.0. The van der Waals surface area contributed by atoms with Gasteiger partial charge < -0.3 is 15.4 Å². The second-order valence-electron chi connectivity index (χ2n) is 6.97. The number of ether oxygens (including phenoxy) is 1. The molecular weight excluding hydrogens is 386 g/mol.